The molecule has 0 aliphatic rings. The number of nitrogens with zero attached hydrogens (tertiary/aromatic N) is 2. The van der Waals surface area contributed by atoms with Crippen LogP contribution in [0, 0.1) is 3.57 Å². The number of anilines is 1. The number of rotatable bonds is 3. The second-order valence-electron chi connectivity index (χ2n) is 2.53. The average Bonchev–Trinajstić information content (AvgIpc) is 2.03. The smallest absolute Gasteiger partial charge is 0.143 e. The van der Waals surface area contributed by atoms with Gasteiger partial charge in [-0.15, -0.1) is 0 Å². The Morgan fingerprint density at radius 3 is 3.08 bits per heavy atom. The zero-order chi connectivity index (χ0) is 8.97. The van der Waals surface area contributed by atoms with Crippen molar-refractivity contribution in [3.8, 4) is 0 Å². The highest BCUT2D eigenvalue weighted by Gasteiger charge is 1.97. The highest BCUT2D eigenvalue weighted by atomic mass is 127. The first-order chi connectivity index (χ1) is 5.70. The van der Waals surface area contributed by atoms with Gasteiger partial charge in [0.15, 0.2) is 0 Å². The van der Waals surface area contributed by atoms with Crippen LogP contribution >= 0.6 is 22.6 Å². The maximum Gasteiger partial charge on any atom is 0.143 e. The summed E-state index contributed by atoms with van der Waals surface area (Å²) in [5, 5.41) is 3.15. The third kappa shape index (κ3) is 2.77. The lowest BCUT2D eigenvalue weighted by Gasteiger charge is -2.05. The van der Waals surface area contributed by atoms with Crippen molar-refractivity contribution in [2.45, 2.75) is 6.92 Å². The van der Waals surface area contributed by atoms with E-state index in [1.807, 2.05) is 6.92 Å². The molecule has 0 bridgehead atoms. The Balaban J connectivity index is 2.63. The number of hydrogen-bond acceptors (Lipinski definition) is 3. The summed E-state index contributed by atoms with van der Waals surface area (Å²) in [6, 6.07) is 0. The Morgan fingerprint density at radius 1 is 1.75 bits per heavy atom. The van der Waals surface area contributed by atoms with E-state index < -0.39 is 0 Å². The number of nitrogens with one attached hydrogen (secondary N) is 1. The molecule has 0 radical (unpaired) electrons. The quantitative estimate of drug-likeness (QED) is 0.678. The summed E-state index contributed by atoms with van der Waals surface area (Å²) < 4.78 is 1.02. The molecule has 1 aromatic rings. The molecule has 64 valence electrons. The van der Waals surface area contributed by atoms with Crippen LogP contribution in [-0.2, 0) is 0 Å². The van der Waals surface area contributed by atoms with Crippen molar-refractivity contribution in [2.75, 3.05) is 11.9 Å². The molecule has 3 nitrogen and oxygen atoms in total. The summed E-state index contributed by atoms with van der Waals surface area (Å²) >= 11 is 2.19. The summed E-state index contributed by atoms with van der Waals surface area (Å²) in [5.74, 6) is 0.869. The predicted octanol–water partition coefficient (Wildman–Crippen LogP) is 2.07. The minimum absolute atomic E-state index is 0.757. The van der Waals surface area contributed by atoms with Crippen LogP contribution in [0.3, 0.4) is 0 Å². The van der Waals surface area contributed by atoms with Crippen molar-refractivity contribution in [1.29, 1.82) is 0 Å². The molecule has 0 spiro atoms. The SMILES string of the molecule is C=C(C)CNc1ncncc1I. The molecule has 0 atom stereocenters. The van der Waals surface area contributed by atoms with E-state index >= 15 is 0 Å². The first-order valence-electron chi connectivity index (χ1n) is 3.54. The third-order valence-electron chi connectivity index (χ3n) is 1.23. The fourth-order valence-electron chi connectivity index (χ4n) is 0.677. The van der Waals surface area contributed by atoms with Crippen LogP contribution in [-0.4, -0.2) is 16.5 Å². The molecule has 0 aliphatic heterocycles. The van der Waals surface area contributed by atoms with Crippen LogP contribution in [0.15, 0.2) is 24.7 Å². The van der Waals surface area contributed by atoms with E-state index in [1.54, 1.807) is 6.20 Å². The standard InChI is InChI=1S/C8H10IN3/c1-6(2)3-11-8-7(9)4-10-5-12-8/h4-5H,1,3H2,2H3,(H,10,11,12). The van der Waals surface area contributed by atoms with Crippen molar-refractivity contribution >= 4 is 28.4 Å². The molecule has 1 heterocycles. The lowest BCUT2D eigenvalue weighted by molar-refractivity contribution is 1.10. The molecule has 0 saturated carbocycles. The summed E-state index contributed by atoms with van der Waals surface area (Å²) in [4.78, 5) is 7.97. The van der Waals surface area contributed by atoms with Gasteiger partial charge in [-0.25, -0.2) is 9.97 Å². The van der Waals surface area contributed by atoms with E-state index in [4.69, 9.17) is 0 Å². The van der Waals surface area contributed by atoms with Gasteiger partial charge in [-0.3, -0.25) is 0 Å². The summed E-state index contributed by atoms with van der Waals surface area (Å²) in [6.45, 7) is 6.52. The fraction of sp³-hybridized carbons (Fsp3) is 0.250. The van der Waals surface area contributed by atoms with Gasteiger partial charge in [0, 0.05) is 12.7 Å². The van der Waals surface area contributed by atoms with Crippen molar-refractivity contribution in [3.63, 3.8) is 0 Å². The van der Waals surface area contributed by atoms with Crippen molar-refractivity contribution in [1.82, 2.24) is 9.97 Å². The van der Waals surface area contributed by atoms with Gasteiger partial charge in [-0.1, -0.05) is 12.2 Å². The highest BCUT2D eigenvalue weighted by Crippen LogP contribution is 2.12. The van der Waals surface area contributed by atoms with Crippen molar-refractivity contribution in [3.05, 3.63) is 28.2 Å². The molecule has 12 heavy (non-hydrogen) atoms. The minimum atomic E-state index is 0.757. The van der Waals surface area contributed by atoms with E-state index in [9.17, 15) is 0 Å². The number of halogens is 1. The Hall–Kier alpha value is -0.650. The Labute approximate surface area is 85.5 Å². The summed E-state index contributed by atoms with van der Waals surface area (Å²) in [5.41, 5.74) is 1.09. The Bertz CT molecular complexity index is 285. The molecule has 0 saturated heterocycles. The van der Waals surface area contributed by atoms with Crippen molar-refractivity contribution in [2.24, 2.45) is 0 Å². The zero-order valence-electron chi connectivity index (χ0n) is 6.84. The second-order valence-corrected chi connectivity index (χ2v) is 3.69. The van der Waals surface area contributed by atoms with Gasteiger partial charge in [-0.05, 0) is 29.5 Å². The first-order valence-corrected chi connectivity index (χ1v) is 4.62. The van der Waals surface area contributed by atoms with Crippen molar-refractivity contribution < 1.29 is 0 Å². The molecule has 0 amide bonds. The lowest BCUT2D eigenvalue weighted by atomic mass is 10.3. The van der Waals surface area contributed by atoms with Crippen LogP contribution in [0.2, 0.25) is 0 Å². The Kier molecular flexibility index (Phi) is 3.46. The number of hydrogen-bond donors (Lipinski definition) is 1. The van der Waals surface area contributed by atoms with E-state index in [0.29, 0.717) is 0 Å². The van der Waals surface area contributed by atoms with E-state index in [1.165, 1.54) is 6.33 Å². The lowest BCUT2D eigenvalue weighted by Crippen LogP contribution is -2.05. The first kappa shape index (κ1) is 9.44. The van der Waals surface area contributed by atoms with Crippen LogP contribution in [0.25, 0.3) is 0 Å². The monoisotopic (exact) mass is 275 g/mol. The van der Waals surface area contributed by atoms with Gasteiger partial charge >= 0.3 is 0 Å². The van der Waals surface area contributed by atoms with Gasteiger partial charge in [0.25, 0.3) is 0 Å². The van der Waals surface area contributed by atoms with Gasteiger partial charge in [0.05, 0.1) is 3.57 Å². The zero-order valence-corrected chi connectivity index (χ0v) is 9.00. The van der Waals surface area contributed by atoms with Crippen LogP contribution < -0.4 is 5.32 Å². The topological polar surface area (TPSA) is 37.8 Å². The van der Waals surface area contributed by atoms with Gasteiger partial charge in [0.2, 0.25) is 0 Å². The number of aromatic nitrogens is 2. The molecule has 1 aromatic heterocycles. The molecule has 0 aliphatic carbocycles. The largest absolute Gasteiger partial charge is 0.365 e. The Morgan fingerprint density at radius 2 is 2.50 bits per heavy atom. The second kappa shape index (κ2) is 4.39. The molecule has 4 heteroatoms. The summed E-state index contributed by atoms with van der Waals surface area (Å²) in [7, 11) is 0. The molecule has 1 rings (SSSR count). The molecule has 1 N–H and O–H groups in total. The maximum absolute atomic E-state index is 4.08. The van der Waals surface area contributed by atoms with E-state index in [0.717, 1.165) is 21.5 Å². The summed E-state index contributed by atoms with van der Waals surface area (Å²) in [6.07, 6.45) is 3.30. The van der Waals surface area contributed by atoms with E-state index in [-0.39, 0.29) is 0 Å². The van der Waals surface area contributed by atoms with Gasteiger partial charge < -0.3 is 5.32 Å². The molecule has 0 fully saturated rings. The van der Waals surface area contributed by atoms with E-state index in [2.05, 4.69) is 44.5 Å². The van der Waals surface area contributed by atoms with Crippen LogP contribution in [0.4, 0.5) is 5.82 Å². The maximum atomic E-state index is 4.08. The normalized spacial score (nSPS) is 9.50. The van der Waals surface area contributed by atoms with Gasteiger partial charge in [0.1, 0.15) is 12.1 Å². The fourth-order valence-corrected chi connectivity index (χ4v) is 1.17. The van der Waals surface area contributed by atoms with Crippen LogP contribution in [0.5, 0.6) is 0 Å². The van der Waals surface area contributed by atoms with Gasteiger partial charge in [-0.2, -0.15) is 0 Å². The van der Waals surface area contributed by atoms with Crippen LogP contribution in [0.1, 0.15) is 6.92 Å². The predicted molar refractivity (Wildman–Crippen MR) is 58.1 cm³/mol. The molecule has 0 aromatic carbocycles. The minimum Gasteiger partial charge on any atom is -0.365 e. The third-order valence-corrected chi connectivity index (χ3v) is 2.01. The highest BCUT2D eigenvalue weighted by molar-refractivity contribution is 14.1. The molecule has 0 unspecified atom stereocenters. The molecular formula is C8H10IN3. The average molecular weight is 275 g/mol. The molecular weight excluding hydrogens is 265 g/mol.